The molecule has 3 heteroatoms. The van der Waals surface area contributed by atoms with Crippen LogP contribution < -0.4 is 0 Å². The van der Waals surface area contributed by atoms with Crippen molar-refractivity contribution in [2.24, 2.45) is 0 Å². The van der Waals surface area contributed by atoms with Gasteiger partial charge in [0.25, 0.3) is 0 Å². The molecule has 0 saturated carbocycles. The zero-order valence-electron chi connectivity index (χ0n) is 8.29. The molecule has 0 aromatic heterocycles. The van der Waals surface area contributed by atoms with Gasteiger partial charge < -0.3 is 9.59 Å². The molecule has 0 amide bonds. The average molecular weight is 190 g/mol. The lowest BCUT2D eigenvalue weighted by atomic mass is 10.1. The summed E-state index contributed by atoms with van der Waals surface area (Å²) in [6.45, 7) is 4.14. The van der Waals surface area contributed by atoms with Crippen LogP contribution in [0.1, 0.15) is 52.4 Å². The molecule has 1 unspecified atom stereocenters. The molecular weight excluding hydrogens is 168 g/mol. The quantitative estimate of drug-likeness (QED) is 0.476. The predicted molar refractivity (Wildman–Crippen MR) is 54.4 cm³/mol. The van der Waals surface area contributed by atoms with Gasteiger partial charge in [0.05, 0.1) is 0 Å². The fraction of sp³-hybridized carbons (Fsp3) is 1.00. The Bertz CT molecular complexity index is 96.5. The lowest BCUT2D eigenvalue weighted by Gasteiger charge is -2.10. The molecule has 0 heterocycles. The maximum Gasteiger partial charge on any atom is 0.318 e. The number of rotatable bonds is 7. The molecule has 0 radical (unpaired) electrons. The molecule has 0 aromatic carbocycles. The van der Waals surface area contributed by atoms with E-state index >= 15 is 0 Å². The summed E-state index contributed by atoms with van der Waals surface area (Å²) < 4.78 is 0. The Hall–Kier alpha value is 0.137. The fourth-order valence-corrected chi connectivity index (χ4v) is 1.75. The summed E-state index contributed by atoms with van der Waals surface area (Å²) in [6, 6.07) is 0. The van der Waals surface area contributed by atoms with E-state index in [0.29, 0.717) is 0 Å². The van der Waals surface area contributed by atoms with Crippen LogP contribution >= 0.6 is 0 Å². The predicted octanol–water partition coefficient (Wildman–Crippen LogP) is 1.94. The third-order valence-corrected chi connectivity index (χ3v) is 3.62. The first-order valence-electron chi connectivity index (χ1n) is 5.04. The fourth-order valence-electron chi connectivity index (χ4n) is 1.22. The largest absolute Gasteiger partial charge is 0.413 e. The molecular formula is C9H22O2Si. The van der Waals surface area contributed by atoms with Gasteiger partial charge in [-0.3, -0.25) is 0 Å². The molecule has 0 rings (SSSR count). The van der Waals surface area contributed by atoms with Crippen LogP contribution in [0.3, 0.4) is 0 Å². The van der Waals surface area contributed by atoms with Gasteiger partial charge in [0.15, 0.2) is 0 Å². The SMILES string of the molecule is CCCCCCCC(C)[SiH](O)O. The standard InChI is InChI=1S/C9H22O2Si/c1-3-4-5-6-7-8-9(2)12(10)11/h9-12H,3-8H2,1-2H3. The zero-order chi connectivity index (χ0) is 9.40. The smallest absolute Gasteiger partial charge is 0.318 e. The summed E-state index contributed by atoms with van der Waals surface area (Å²) in [5.41, 5.74) is 0.173. The van der Waals surface area contributed by atoms with Crippen LogP contribution in [0.25, 0.3) is 0 Å². The lowest BCUT2D eigenvalue weighted by Crippen LogP contribution is -2.17. The second kappa shape index (κ2) is 7.77. The molecule has 2 N–H and O–H groups in total. The molecule has 0 aliphatic rings. The van der Waals surface area contributed by atoms with Crippen molar-refractivity contribution >= 4 is 9.28 Å². The molecule has 1 atom stereocenters. The second-order valence-electron chi connectivity index (χ2n) is 3.59. The van der Waals surface area contributed by atoms with Gasteiger partial charge in [0.2, 0.25) is 0 Å². The van der Waals surface area contributed by atoms with Gasteiger partial charge in [0, 0.05) is 0 Å². The van der Waals surface area contributed by atoms with Crippen LogP contribution in [0.15, 0.2) is 0 Å². The van der Waals surface area contributed by atoms with E-state index in [1.807, 2.05) is 6.92 Å². The van der Waals surface area contributed by atoms with Crippen LogP contribution in [0.4, 0.5) is 0 Å². The Kier molecular flexibility index (Phi) is 7.86. The summed E-state index contributed by atoms with van der Waals surface area (Å²) in [4.78, 5) is 17.8. The summed E-state index contributed by atoms with van der Waals surface area (Å²) in [5, 5.41) is 0. The van der Waals surface area contributed by atoms with E-state index in [0.717, 1.165) is 12.8 Å². The normalized spacial score (nSPS) is 13.8. The minimum Gasteiger partial charge on any atom is -0.413 e. The van der Waals surface area contributed by atoms with E-state index in [2.05, 4.69) is 6.92 Å². The van der Waals surface area contributed by atoms with E-state index in [-0.39, 0.29) is 5.54 Å². The first kappa shape index (κ1) is 12.1. The molecule has 0 aliphatic carbocycles. The van der Waals surface area contributed by atoms with E-state index in [9.17, 15) is 0 Å². The minimum atomic E-state index is -2.32. The zero-order valence-corrected chi connectivity index (χ0v) is 9.45. The Balaban J connectivity index is 3.08. The summed E-state index contributed by atoms with van der Waals surface area (Å²) in [5.74, 6) is 0. The molecule has 0 fully saturated rings. The molecule has 0 bridgehead atoms. The molecule has 2 nitrogen and oxygen atoms in total. The van der Waals surface area contributed by atoms with E-state index in [4.69, 9.17) is 9.59 Å². The summed E-state index contributed by atoms with van der Waals surface area (Å²) >= 11 is 0. The first-order chi connectivity index (χ1) is 5.68. The van der Waals surface area contributed by atoms with Crippen molar-refractivity contribution in [1.29, 1.82) is 0 Å². The molecule has 0 spiro atoms. The Labute approximate surface area is 77.5 Å². The van der Waals surface area contributed by atoms with E-state index < -0.39 is 9.28 Å². The van der Waals surface area contributed by atoms with Gasteiger partial charge >= 0.3 is 9.28 Å². The molecule has 0 aromatic rings. The van der Waals surface area contributed by atoms with Crippen molar-refractivity contribution in [1.82, 2.24) is 0 Å². The van der Waals surface area contributed by atoms with Gasteiger partial charge in [-0.15, -0.1) is 0 Å². The highest BCUT2D eigenvalue weighted by Crippen LogP contribution is 2.16. The Morgan fingerprint density at radius 2 is 1.67 bits per heavy atom. The van der Waals surface area contributed by atoms with Gasteiger partial charge in [0.1, 0.15) is 0 Å². The average Bonchev–Trinajstić information content (AvgIpc) is 2.03. The van der Waals surface area contributed by atoms with Gasteiger partial charge in [-0.1, -0.05) is 46.0 Å². The van der Waals surface area contributed by atoms with E-state index in [1.54, 1.807) is 0 Å². The Morgan fingerprint density at radius 1 is 1.08 bits per heavy atom. The molecule has 0 aliphatic heterocycles. The van der Waals surface area contributed by atoms with Crippen molar-refractivity contribution in [3.63, 3.8) is 0 Å². The monoisotopic (exact) mass is 190 g/mol. The van der Waals surface area contributed by atoms with Crippen LogP contribution in [0.2, 0.25) is 5.54 Å². The third-order valence-electron chi connectivity index (χ3n) is 2.27. The number of unbranched alkanes of at least 4 members (excludes halogenated alkanes) is 4. The third kappa shape index (κ3) is 6.82. The molecule has 12 heavy (non-hydrogen) atoms. The van der Waals surface area contributed by atoms with Crippen molar-refractivity contribution in [2.75, 3.05) is 0 Å². The molecule has 74 valence electrons. The number of hydrogen-bond donors (Lipinski definition) is 2. The van der Waals surface area contributed by atoms with Crippen molar-refractivity contribution < 1.29 is 9.59 Å². The minimum absolute atomic E-state index is 0.173. The van der Waals surface area contributed by atoms with Gasteiger partial charge in [-0.2, -0.15) is 0 Å². The number of hydrogen-bond acceptors (Lipinski definition) is 2. The van der Waals surface area contributed by atoms with Gasteiger partial charge in [-0.05, 0) is 12.0 Å². The highest BCUT2D eigenvalue weighted by molar-refractivity contribution is 6.42. The highest BCUT2D eigenvalue weighted by atomic mass is 28.3. The highest BCUT2D eigenvalue weighted by Gasteiger charge is 2.12. The van der Waals surface area contributed by atoms with Crippen molar-refractivity contribution in [3.8, 4) is 0 Å². The van der Waals surface area contributed by atoms with Crippen molar-refractivity contribution in [3.05, 3.63) is 0 Å². The maximum absolute atomic E-state index is 8.92. The van der Waals surface area contributed by atoms with Gasteiger partial charge in [-0.25, -0.2) is 0 Å². The lowest BCUT2D eigenvalue weighted by molar-refractivity contribution is 0.380. The van der Waals surface area contributed by atoms with Crippen LogP contribution in [0, 0.1) is 0 Å². The summed E-state index contributed by atoms with van der Waals surface area (Å²) in [6.07, 6.45) is 7.28. The van der Waals surface area contributed by atoms with Crippen LogP contribution in [-0.4, -0.2) is 18.9 Å². The molecule has 0 saturated heterocycles. The summed E-state index contributed by atoms with van der Waals surface area (Å²) in [7, 11) is -2.32. The van der Waals surface area contributed by atoms with E-state index in [1.165, 1.54) is 25.7 Å². The maximum atomic E-state index is 8.92. The topological polar surface area (TPSA) is 40.5 Å². The Morgan fingerprint density at radius 3 is 2.17 bits per heavy atom. The van der Waals surface area contributed by atoms with Crippen LogP contribution in [0.5, 0.6) is 0 Å². The van der Waals surface area contributed by atoms with Crippen molar-refractivity contribution in [2.45, 2.75) is 57.9 Å². The van der Waals surface area contributed by atoms with Crippen LogP contribution in [-0.2, 0) is 0 Å². The second-order valence-corrected chi connectivity index (χ2v) is 5.56. The first-order valence-corrected chi connectivity index (χ1v) is 6.74.